The normalized spacial score (nSPS) is 14.4. The first kappa shape index (κ1) is 20.2. The second-order valence-corrected chi connectivity index (χ2v) is 7.55. The number of nitrogens with zero attached hydrogens (tertiary/aromatic N) is 3. The quantitative estimate of drug-likeness (QED) is 0.636. The molecule has 0 bridgehead atoms. The summed E-state index contributed by atoms with van der Waals surface area (Å²) in [4.78, 5) is 20.7. The van der Waals surface area contributed by atoms with E-state index in [1.165, 1.54) is 5.56 Å². The van der Waals surface area contributed by atoms with E-state index in [1.54, 1.807) is 12.3 Å². The van der Waals surface area contributed by atoms with Gasteiger partial charge < -0.3 is 9.64 Å². The molecule has 1 aliphatic rings. The number of rotatable bonds is 5. The van der Waals surface area contributed by atoms with Crippen molar-refractivity contribution < 1.29 is 9.53 Å². The van der Waals surface area contributed by atoms with Gasteiger partial charge in [0, 0.05) is 43.9 Å². The van der Waals surface area contributed by atoms with Gasteiger partial charge in [-0.25, -0.2) is 9.78 Å². The molecule has 2 aromatic carbocycles. The standard InChI is InChI=1S/C23H23ClN4O2/c24-19-7-9-20(10-8-19)30-21-5-3-4-18(16-21)17-27-12-14-28(15-13-27)23(29)26-22-6-1-2-11-25-22/h1-11,16H,12-15,17H2,(H,25,26,29). The minimum atomic E-state index is -0.105. The highest BCUT2D eigenvalue weighted by Gasteiger charge is 2.21. The first-order chi connectivity index (χ1) is 14.7. The smallest absolute Gasteiger partial charge is 0.323 e. The van der Waals surface area contributed by atoms with Crippen LogP contribution in [-0.2, 0) is 6.54 Å². The lowest BCUT2D eigenvalue weighted by Gasteiger charge is -2.34. The number of aromatic nitrogens is 1. The van der Waals surface area contributed by atoms with Gasteiger partial charge in [0.15, 0.2) is 0 Å². The number of pyridine rings is 1. The van der Waals surface area contributed by atoms with E-state index in [-0.39, 0.29) is 6.03 Å². The summed E-state index contributed by atoms with van der Waals surface area (Å²) in [5.41, 5.74) is 1.17. The maximum atomic E-state index is 12.4. The van der Waals surface area contributed by atoms with E-state index in [2.05, 4.69) is 27.3 Å². The number of nitrogens with one attached hydrogen (secondary N) is 1. The van der Waals surface area contributed by atoms with Crippen molar-refractivity contribution in [2.45, 2.75) is 6.54 Å². The van der Waals surface area contributed by atoms with Gasteiger partial charge in [-0.05, 0) is 54.1 Å². The second kappa shape index (κ2) is 9.61. The Morgan fingerprint density at radius 2 is 1.77 bits per heavy atom. The summed E-state index contributed by atoms with van der Waals surface area (Å²) >= 11 is 5.93. The van der Waals surface area contributed by atoms with E-state index in [0.717, 1.165) is 31.1 Å². The third-order valence-corrected chi connectivity index (χ3v) is 5.17. The topological polar surface area (TPSA) is 57.7 Å². The fourth-order valence-corrected chi connectivity index (χ4v) is 3.46. The number of urea groups is 1. The number of carbonyl (C=O) groups excluding carboxylic acids is 1. The number of hydrogen-bond donors (Lipinski definition) is 1. The molecule has 0 aliphatic carbocycles. The SMILES string of the molecule is O=C(Nc1ccccn1)N1CCN(Cc2cccc(Oc3ccc(Cl)cc3)c2)CC1. The number of hydrogen-bond acceptors (Lipinski definition) is 4. The van der Waals surface area contributed by atoms with Gasteiger partial charge in [0.25, 0.3) is 0 Å². The molecule has 2 heterocycles. The summed E-state index contributed by atoms with van der Waals surface area (Å²) in [6.07, 6.45) is 1.67. The van der Waals surface area contributed by atoms with Gasteiger partial charge in [-0.2, -0.15) is 0 Å². The summed E-state index contributed by atoms with van der Waals surface area (Å²) in [5.74, 6) is 2.12. The molecule has 2 amide bonds. The molecular weight excluding hydrogens is 400 g/mol. The molecule has 7 heteroatoms. The average molecular weight is 423 g/mol. The Labute approximate surface area is 181 Å². The number of ether oxygens (including phenoxy) is 1. The number of amides is 2. The molecule has 154 valence electrons. The molecule has 1 fully saturated rings. The van der Waals surface area contributed by atoms with Crippen molar-refractivity contribution in [1.29, 1.82) is 0 Å². The fraction of sp³-hybridized carbons (Fsp3) is 0.217. The van der Waals surface area contributed by atoms with Crippen LogP contribution in [0.3, 0.4) is 0 Å². The predicted molar refractivity (Wildman–Crippen MR) is 118 cm³/mol. The number of piperazine rings is 1. The van der Waals surface area contributed by atoms with Gasteiger partial charge in [-0.15, -0.1) is 0 Å². The lowest BCUT2D eigenvalue weighted by atomic mass is 10.2. The molecular formula is C23H23ClN4O2. The van der Waals surface area contributed by atoms with Crippen LogP contribution in [0, 0.1) is 0 Å². The van der Waals surface area contributed by atoms with Gasteiger partial charge in [0.1, 0.15) is 17.3 Å². The van der Waals surface area contributed by atoms with Crippen LogP contribution in [0.5, 0.6) is 11.5 Å². The summed E-state index contributed by atoms with van der Waals surface area (Å²) in [6.45, 7) is 3.81. The first-order valence-corrected chi connectivity index (χ1v) is 10.3. The molecule has 1 N–H and O–H groups in total. The van der Waals surface area contributed by atoms with Gasteiger partial charge >= 0.3 is 6.03 Å². The number of anilines is 1. The van der Waals surface area contributed by atoms with Crippen LogP contribution in [-0.4, -0.2) is 47.0 Å². The van der Waals surface area contributed by atoms with Crippen LogP contribution in [0.1, 0.15) is 5.56 Å². The molecule has 0 radical (unpaired) electrons. The molecule has 1 saturated heterocycles. The van der Waals surface area contributed by atoms with Gasteiger partial charge in [0.2, 0.25) is 0 Å². The Kier molecular flexibility index (Phi) is 6.47. The first-order valence-electron chi connectivity index (χ1n) is 9.87. The molecule has 1 aliphatic heterocycles. The Morgan fingerprint density at radius 1 is 0.967 bits per heavy atom. The van der Waals surface area contributed by atoms with Crippen LogP contribution in [0.15, 0.2) is 72.9 Å². The van der Waals surface area contributed by atoms with E-state index >= 15 is 0 Å². The molecule has 0 saturated carbocycles. The highest BCUT2D eigenvalue weighted by atomic mass is 35.5. The molecule has 0 spiro atoms. The maximum Gasteiger partial charge on any atom is 0.323 e. The third-order valence-electron chi connectivity index (χ3n) is 4.91. The zero-order valence-electron chi connectivity index (χ0n) is 16.5. The molecule has 30 heavy (non-hydrogen) atoms. The summed E-state index contributed by atoms with van der Waals surface area (Å²) in [6, 6.07) is 20.8. The minimum Gasteiger partial charge on any atom is -0.457 e. The Bertz CT molecular complexity index is 974. The predicted octanol–water partition coefficient (Wildman–Crippen LogP) is 4.88. The highest BCUT2D eigenvalue weighted by molar-refractivity contribution is 6.30. The fourth-order valence-electron chi connectivity index (χ4n) is 3.34. The zero-order chi connectivity index (χ0) is 20.8. The Hall–Kier alpha value is -3.09. The van der Waals surface area contributed by atoms with Gasteiger partial charge in [-0.3, -0.25) is 10.2 Å². The van der Waals surface area contributed by atoms with E-state index in [0.29, 0.717) is 23.9 Å². The lowest BCUT2D eigenvalue weighted by Crippen LogP contribution is -2.49. The summed E-state index contributed by atoms with van der Waals surface area (Å²) in [5, 5.41) is 3.53. The molecule has 3 aromatic rings. The van der Waals surface area contributed by atoms with E-state index < -0.39 is 0 Å². The summed E-state index contributed by atoms with van der Waals surface area (Å²) < 4.78 is 5.92. The summed E-state index contributed by atoms with van der Waals surface area (Å²) in [7, 11) is 0. The van der Waals surface area contributed by atoms with Crippen LogP contribution in [0.4, 0.5) is 10.6 Å². The molecule has 1 aromatic heterocycles. The minimum absolute atomic E-state index is 0.105. The van der Waals surface area contributed by atoms with Crippen LogP contribution in [0.25, 0.3) is 0 Å². The Morgan fingerprint density at radius 3 is 2.50 bits per heavy atom. The third kappa shape index (κ3) is 5.49. The van der Waals surface area contributed by atoms with Crippen molar-refractivity contribution in [2.24, 2.45) is 0 Å². The number of halogens is 1. The Balaban J connectivity index is 1.28. The van der Waals surface area contributed by atoms with Crippen molar-refractivity contribution in [3.05, 3.63) is 83.5 Å². The van der Waals surface area contributed by atoms with Crippen molar-refractivity contribution in [1.82, 2.24) is 14.8 Å². The largest absolute Gasteiger partial charge is 0.457 e. The number of carbonyl (C=O) groups is 1. The van der Waals surface area contributed by atoms with Crippen molar-refractivity contribution in [3.8, 4) is 11.5 Å². The van der Waals surface area contributed by atoms with Crippen molar-refractivity contribution >= 4 is 23.4 Å². The molecule has 0 unspecified atom stereocenters. The van der Waals surface area contributed by atoms with E-state index in [9.17, 15) is 4.79 Å². The monoisotopic (exact) mass is 422 g/mol. The van der Waals surface area contributed by atoms with Crippen molar-refractivity contribution in [2.75, 3.05) is 31.5 Å². The molecule has 0 atom stereocenters. The number of benzene rings is 2. The van der Waals surface area contributed by atoms with Crippen molar-refractivity contribution in [3.63, 3.8) is 0 Å². The van der Waals surface area contributed by atoms with E-state index in [4.69, 9.17) is 16.3 Å². The van der Waals surface area contributed by atoms with Gasteiger partial charge in [-0.1, -0.05) is 29.8 Å². The van der Waals surface area contributed by atoms with Crippen LogP contribution < -0.4 is 10.1 Å². The maximum absolute atomic E-state index is 12.4. The van der Waals surface area contributed by atoms with Crippen LogP contribution in [0.2, 0.25) is 5.02 Å². The van der Waals surface area contributed by atoms with E-state index in [1.807, 2.05) is 53.4 Å². The van der Waals surface area contributed by atoms with Crippen LogP contribution >= 0.6 is 11.6 Å². The molecule has 6 nitrogen and oxygen atoms in total. The molecule has 4 rings (SSSR count). The van der Waals surface area contributed by atoms with Gasteiger partial charge in [0.05, 0.1) is 0 Å². The average Bonchev–Trinajstić information content (AvgIpc) is 2.77. The second-order valence-electron chi connectivity index (χ2n) is 7.11. The zero-order valence-corrected chi connectivity index (χ0v) is 17.3. The highest BCUT2D eigenvalue weighted by Crippen LogP contribution is 2.24. The lowest BCUT2D eigenvalue weighted by molar-refractivity contribution is 0.143.